The van der Waals surface area contributed by atoms with Crippen molar-refractivity contribution in [3.63, 3.8) is 0 Å². The molecule has 2 aromatic carbocycles. The maximum Gasteiger partial charge on any atom is 0.264 e. The number of carbonyl (C=O) groups excluding carboxylic acids is 1. The van der Waals surface area contributed by atoms with Crippen molar-refractivity contribution in [1.82, 2.24) is 18.8 Å². The van der Waals surface area contributed by atoms with Crippen molar-refractivity contribution in [2.75, 3.05) is 83.8 Å². The molecule has 15 heteroatoms. The van der Waals surface area contributed by atoms with Gasteiger partial charge < -0.3 is 14.4 Å². The average Bonchev–Trinajstić information content (AvgIpc) is 3.36. The summed E-state index contributed by atoms with van der Waals surface area (Å²) in [5.74, 6) is 0.157. The van der Waals surface area contributed by atoms with Gasteiger partial charge in [0.15, 0.2) is 0 Å². The smallest absolute Gasteiger partial charge is 0.264 e. The van der Waals surface area contributed by atoms with Gasteiger partial charge in [-0.3, -0.25) is 14.6 Å². The Kier molecular flexibility index (Phi) is 13.2. The highest BCUT2D eigenvalue weighted by molar-refractivity contribution is 7.90. The molecule has 0 radical (unpaired) electrons. The Bertz CT molecular complexity index is 2070. The van der Waals surface area contributed by atoms with Gasteiger partial charge in [0.05, 0.1) is 23.8 Å². The van der Waals surface area contributed by atoms with Crippen LogP contribution in [0, 0.1) is 17.8 Å². The number of sulfonamides is 2. The molecule has 7 rings (SSSR count). The number of aryl methyl sites for hydroxylation is 1. The molecule has 3 fully saturated rings. The number of halogens is 1. The number of ether oxygens (including phenoxy) is 2. The molecule has 5 aliphatic rings. The van der Waals surface area contributed by atoms with E-state index in [1.165, 1.54) is 17.4 Å². The number of hydrogen-bond donors (Lipinski definition) is 1. The van der Waals surface area contributed by atoms with Gasteiger partial charge in [-0.15, -0.1) is 0 Å². The van der Waals surface area contributed by atoms with Crippen molar-refractivity contribution in [3.05, 3.63) is 70.3 Å². The summed E-state index contributed by atoms with van der Waals surface area (Å²) in [6.45, 7) is 12.3. The van der Waals surface area contributed by atoms with Crippen molar-refractivity contribution in [2.24, 2.45) is 17.8 Å². The largest absolute Gasteiger partial charge is 0.491 e. The van der Waals surface area contributed by atoms with Gasteiger partial charge in [-0.05, 0) is 98.2 Å². The lowest BCUT2D eigenvalue weighted by molar-refractivity contribution is -0.101. The van der Waals surface area contributed by atoms with Gasteiger partial charge in [-0.25, -0.2) is 21.6 Å². The van der Waals surface area contributed by atoms with Crippen molar-refractivity contribution < 1.29 is 31.1 Å². The van der Waals surface area contributed by atoms with Gasteiger partial charge in [-0.2, -0.15) is 4.31 Å². The topological polar surface area (TPSA) is 129 Å². The Morgan fingerprint density at radius 2 is 1.81 bits per heavy atom. The summed E-state index contributed by atoms with van der Waals surface area (Å²) in [6, 6.07) is 11.5. The standard InChI is InChI=1S/C43H62ClN5O7S2/c1-6-7-10-32-22-36(44)13-14-38(32)35-25-48-24-34-11-15-39(34)43(55-4,29-46-18-19-47-20-21-49(57(5,51)52)27-37(47)26-46)17-8-9-30(2)31(3)58(53,54)45-42(50)33-12-16-41(56-28-35)40(48)23-33/h8,12-14,16-17,22-23,30-31,34-35,37,39H,6-7,9-11,15,18-21,24-29H2,1-5H3,(H,45,50)/b17-8+/t30-,31+,34-,35-,37+,39+,43+/m0/s1. The van der Waals surface area contributed by atoms with Crippen LogP contribution >= 0.6 is 11.6 Å². The number of methoxy groups -OCH3 is 1. The molecule has 1 aliphatic carbocycles. The summed E-state index contributed by atoms with van der Waals surface area (Å²) in [5, 5.41) is -0.117. The van der Waals surface area contributed by atoms with E-state index in [4.69, 9.17) is 21.1 Å². The minimum atomic E-state index is -4.01. The van der Waals surface area contributed by atoms with Crippen LogP contribution in [0.3, 0.4) is 0 Å². The van der Waals surface area contributed by atoms with Crippen LogP contribution in [0.1, 0.15) is 80.3 Å². The number of rotatable bonds is 8. The van der Waals surface area contributed by atoms with Gasteiger partial charge in [-0.1, -0.05) is 50.1 Å². The van der Waals surface area contributed by atoms with Crippen LogP contribution in [0.2, 0.25) is 5.02 Å². The zero-order valence-electron chi connectivity index (χ0n) is 34.7. The average molecular weight is 861 g/mol. The molecule has 7 atom stereocenters. The van der Waals surface area contributed by atoms with Crippen molar-refractivity contribution in [1.29, 1.82) is 0 Å². The van der Waals surface area contributed by atoms with Crippen LogP contribution in [0.25, 0.3) is 0 Å². The van der Waals surface area contributed by atoms with E-state index in [9.17, 15) is 21.6 Å². The molecule has 4 aliphatic heterocycles. The quantitative estimate of drug-likeness (QED) is 0.346. The first-order valence-corrected chi connectivity index (χ1v) is 24.9. The lowest BCUT2D eigenvalue weighted by Crippen LogP contribution is -2.65. The van der Waals surface area contributed by atoms with Crippen LogP contribution in [0.15, 0.2) is 48.6 Å². The fourth-order valence-corrected chi connectivity index (χ4v) is 12.2. The number of hydrogen-bond acceptors (Lipinski definition) is 10. The van der Waals surface area contributed by atoms with E-state index in [1.54, 1.807) is 36.5 Å². The molecule has 2 bridgehead atoms. The monoisotopic (exact) mass is 859 g/mol. The van der Waals surface area contributed by atoms with Crippen LogP contribution in [-0.4, -0.2) is 133 Å². The van der Waals surface area contributed by atoms with Crippen LogP contribution in [0.4, 0.5) is 5.69 Å². The molecule has 4 heterocycles. The van der Waals surface area contributed by atoms with Gasteiger partial charge in [0, 0.05) is 88.6 Å². The molecular formula is C43H62ClN5O7S2. The first-order chi connectivity index (χ1) is 27.6. The molecule has 12 nitrogen and oxygen atoms in total. The second-order valence-corrected chi connectivity index (χ2v) is 21.9. The minimum Gasteiger partial charge on any atom is -0.491 e. The maximum absolute atomic E-state index is 13.7. The van der Waals surface area contributed by atoms with Gasteiger partial charge in [0.1, 0.15) is 11.4 Å². The molecule has 2 saturated heterocycles. The number of unbranched alkanes of at least 4 members (excludes halogenated alkanes) is 1. The van der Waals surface area contributed by atoms with E-state index in [2.05, 4.69) is 50.6 Å². The Balaban J connectivity index is 1.25. The van der Waals surface area contributed by atoms with E-state index >= 15 is 0 Å². The highest BCUT2D eigenvalue weighted by Gasteiger charge is 2.49. The number of amides is 1. The van der Waals surface area contributed by atoms with Crippen molar-refractivity contribution in [3.8, 4) is 5.75 Å². The summed E-state index contributed by atoms with van der Waals surface area (Å²) in [7, 11) is -5.51. The molecule has 320 valence electrons. The second-order valence-electron chi connectivity index (χ2n) is 17.5. The highest BCUT2D eigenvalue weighted by atomic mass is 35.5. The predicted octanol–water partition coefficient (Wildman–Crippen LogP) is 5.38. The Labute approximate surface area is 351 Å². The number of piperazine rings is 2. The Hall–Kier alpha value is -2.72. The molecule has 0 spiro atoms. The fourth-order valence-electron chi connectivity index (χ4n) is 9.89. The van der Waals surface area contributed by atoms with Crippen molar-refractivity contribution in [2.45, 2.75) is 82.1 Å². The maximum atomic E-state index is 13.7. The lowest BCUT2D eigenvalue weighted by atomic mass is 9.63. The van der Waals surface area contributed by atoms with Gasteiger partial charge in [0.2, 0.25) is 20.0 Å². The van der Waals surface area contributed by atoms with E-state index in [0.717, 1.165) is 64.0 Å². The predicted molar refractivity (Wildman–Crippen MR) is 230 cm³/mol. The summed E-state index contributed by atoms with van der Waals surface area (Å²) in [5.41, 5.74) is 2.81. The Morgan fingerprint density at radius 3 is 2.53 bits per heavy atom. The minimum absolute atomic E-state index is 0.0194. The number of carbonyl (C=O) groups is 1. The SMILES string of the molecule is CCCCc1cc(Cl)ccc1[C@@H]1COc2ccc3cc2N(C1)C[C@@H]1CC[C@H]1[C@@](CN1CCN2CCN(S(C)(=O)=O)C[C@H]2C1)(OC)/C=C/C[C@H](C)[C@@H](C)S(=O)(=O)NC3=O. The third-order valence-corrected chi connectivity index (χ3v) is 17.2. The summed E-state index contributed by atoms with van der Waals surface area (Å²) < 4.78 is 69.7. The molecule has 2 aromatic rings. The molecule has 0 aromatic heterocycles. The summed E-state index contributed by atoms with van der Waals surface area (Å²) in [6.07, 6.45) is 11.1. The third kappa shape index (κ3) is 9.28. The second kappa shape index (κ2) is 17.7. The first-order valence-electron chi connectivity index (χ1n) is 21.1. The van der Waals surface area contributed by atoms with E-state index in [0.29, 0.717) is 56.5 Å². The molecule has 1 N–H and O–H groups in total. The van der Waals surface area contributed by atoms with E-state index in [1.807, 2.05) is 13.0 Å². The molecular weight excluding hydrogens is 798 g/mol. The zero-order chi connectivity index (χ0) is 41.4. The van der Waals surface area contributed by atoms with Gasteiger partial charge in [0.25, 0.3) is 5.91 Å². The molecule has 58 heavy (non-hydrogen) atoms. The lowest BCUT2D eigenvalue weighted by Gasteiger charge is -2.53. The Morgan fingerprint density at radius 1 is 1.02 bits per heavy atom. The third-order valence-electron chi connectivity index (χ3n) is 13.8. The van der Waals surface area contributed by atoms with Crippen LogP contribution in [-0.2, 0) is 31.2 Å². The summed E-state index contributed by atoms with van der Waals surface area (Å²) in [4.78, 5) is 20.9. The summed E-state index contributed by atoms with van der Waals surface area (Å²) >= 11 is 6.54. The normalized spacial score (nSPS) is 31.8. The van der Waals surface area contributed by atoms with E-state index in [-0.39, 0.29) is 35.3 Å². The van der Waals surface area contributed by atoms with E-state index < -0.39 is 36.8 Å². The molecule has 1 amide bonds. The van der Waals surface area contributed by atoms with Crippen LogP contribution in [0.5, 0.6) is 5.75 Å². The fraction of sp³-hybridized carbons (Fsp3) is 0.651. The number of fused-ring (bicyclic) bond motifs is 3. The van der Waals surface area contributed by atoms with Crippen molar-refractivity contribution >= 4 is 43.2 Å². The number of anilines is 1. The number of nitrogens with one attached hydrogen (secondary N) is 1. The number of benzene rings is 2. The first kappa shape index (κ1) is 43.4. The number of nitrogens with zero attached hydrogens (tertiary/aromatic N) is 4. The van der Waals surface area contributed by atoms with Gasteiger partial charge >= 0.3 is 0 Å². The van der Waals surface area contributed by atoms with Crippen LogP contribution < -0.4 is 14.4 Å². The zero-order valence-corrected chi connectivity index (χ0v) is 37.1. The molecule has 0 unspecified atom stereocenters. The number of allylic oxidation sites excluding steroid dienone is 1. The molecule has 1 saturated carbocycles. The highest BCUT2D eigenvalue weighted by Crippen LogP contribution is 2.47.